The Morgan fingerprint density at radius 3 is 2.12 bits per heavy atom. The molecule has 0 radical (unpaired) electrons. The SMILES string of the molecule is CNC(=O)C(Cc1ccccc1)N(Cc1ccc(F)cc1)C(=O)CN(c1cccc(OC)c1)S(=O)(=O)c1ccccc1. The Bertz CT molecular complexity index is 1600. The van der Waals surface area contributed by atoms with E-state index in [4.69, 9.17) is 4.74 Å². The van der Waals surface area contributed by atoms with E-state index >= 15 is 0 Å². The Hall–Kier alpha value is -4.70. The lowest BCUT2D eigenvalue weighted by Crippen LogP contribution is -2.53. The van der Waals surface area contributed by atoms with Gasteiger partial charge in [-0.2, -0.15) is 0 Å². The van der Waals surface area contributed by atoms with Crippen LogP contribution in [-0.4, -0.2) is 51.9 Å². The maximum atomic E-state index is 14.2. The molecule has 0 saturated carbocycles. The van der Waals surface area contributed by atoms with Crippen LogP contribution in [0.15, 0.2) is 114 Å². The highest BCUT2D eigenvalue weighted by molar-refractivity contribution is 7.92. The van der Waals surface area contributed by atoms with Gasteiger partial charge in [-0.3, -0.25) is 13.9 Å². The van der Waals surface area contributed by atoms with Crippen molar-refractivity contribution in [2.75, 3.05) is 25.0 Å². The van der Waals surface area contributed by atoms with Crippen LogP contribution in [0.3, 0.4) is 0 Å². The second-order valence-corrected chi connectivity index (χ2v) is 11.4. The summed E-state index contributed by atoms with van der Waals surface area (Å²) in [4.78, 5) is 28.8. The molecule has 0 bridgehead atoms. The van der Waals surface area contributed by atoms with Gasteiger partial charge in [0, 0.05) is 26.1 Å². The minimum absolute atomic E-state index is 0.00200. The molecule has 8 nitrogen and oxygen atoms in total. The number of likely N-dealkylation sites (N-methyl/N-ethyl adjacent to an activating group) is 1. The number of carbonyl (C=O) groups excluding carboxylic acids is 2. The van der Waals surface area contributed by atoms with Crippen LogP contribution in [0.4, 0.5) is 10.1 Å². The summed E-state index contributed by atoms with van der Waals surface area (Å²) in [5, 5.41) is 2.63. The van der Waals surface area contributed by atoms with Crippen molar-refractivity contribution >= 4 is 27.5 Å². The molecule has 0 aliphatic carbocycles. The number of methoxy groups -OCH3 is 1. The second kappa shape index (κ2) is 13.8. The van der Waals surface area contributed by atoms with Gasteiger partial charge in [-0.05, 0) is 47.5 Å². The number of carbonyl (C=O) groups is 2. The number of anilines is 1. The molecular weight excluding hydrogens is 557 g/mol. The number of nitrogens with one attached hydrogen (secondary N) is 1. The Kier molecular flexibility index (Phi) is 9.93. The van der Waals surface area contributed by atoms with E-state index in [1.165, 1.54) is 61.5 Å². The first-order valence-electron chi connectivity index (χ1n) is 13.2. The van der Waals surface area contributed by atoms with Crippen LogP contribution in [0.25, 0.3) is 0 Å². The van der Waals surface area contributed by atoms with Gasteiger partial charge < -0.3 is 15.0 Å². The molecule has 0 aromatic heterocycles. The van der Waals surface area contributed by atoms with Gasteiger partial charge in [0.15, 0.2) is 0 Å². The molecule has 1 N–H and O–H groups in total. The topological polar surface area (TPSA) is 96.0 Å². The van der Waals surface area contributed by atoms with Crippen molar-refractivity contribution in [2.45, 2.75) is 23.9 Å². The monoisotopic (exact) mass is 589 g/mol. The lowest BCUT2D eigenvalue weighted by molar-refractivity contribution is -0.139. The number of amides is 2. The molecule has 10 heteroatoms. The summed E-state index contributed by atoms with van der Waals surface area (Å²) in [5.41, 5.74) is 1.60. The lowest BCUT2D eigenvalue weighted by atomic mass is 10.0. The molecular formula is C32H32FN3O5S. The standard InChI is InChI=1S/C32H32FN3O5S/c1-34-32(38)30(20-24-10-5-3-6-11-24)35(22-25-16-18-26(33)19-17-25)31(37)23-36(27-12-9-13-28(21-27)41-2)42(39,40)29-14-7-4-8-15-29/h3-19,21,30H,20,22-23H2,1-2H3,(H,34,38). The maximum absolute atomic E-state index is 14.2. The van der Waals surface area contributed by atoms with E-state index in [1.807, 2.05) is 30.3 Å². The highest BCUT2D eigenvalue weighted by Gasteiger charge is 2.34. The van der Waals surface area contributed by atoms with Gasteiger partial charge in [0.05, 0.1) is 17.7 Å². The van der Waals surface area contributed by atoms with Gasteiger partial charge >= 0.3 is 0 Å². The molecule has 2 amide bonds. The van der Waals surface area contributed by atoms with Crippen molar-refractivity contribution in [1.82, 2.24) is 10.2 Å². The van der Waals surface area contributed by atoms with E-state index in [1.54, 1.807) is 36.4 Å². The molecule has 1 atom stereocenters. The fraction of sp³-hybridized carbons (Fsp3) is 0.188. The molecule has 42 heavy (non-hydrogen) atoms. The van der Waals surface area contributed by atoms with Crippen molar-refractivity contribution in [1.29, 1.82) is 0 Å². The van der Waals surface area contributed by atoms with Crippen molar-refractivity contribution in [2.24, 2.45) is 0 Å². The molecule has 218 valence electrons. The number of sulfonamides is 1. The van der Waals surface area contributed by atoms with Crippen LogP contribution in [0.5, 0.6) is 5.75 Å². The number of halogens is 1. The molecule has 0 heterocycles. The number of benzene rings is 4. The third-order valence-electron chi connectivity index (χ3n) is 6.74. The largest absolute Gasteiger partial charge is 0.497 e. The second-order valence-electron chi connectivity index (χ2n) is 9.49. The Morgan fingerprint density at radius 1 is 0.857 bits per heavy atom. The van der Waals surface area contributed by atoms with Gasteiger partial charge in [-0.15, -0.1) is 0 Å². The summed E-state index contributed by atoms with van der Waals surface area (Å²) in [6.45, 7) is -0.657. The summed E-state index contributed by atoms with van der Waals surface area (Å²) in [5.74, 6) is -1.08. The van der Waals surface area contributed by atoms with Crippen LogP contribution in [0.1, 0.15) is 11.1 Å². The van der Waals surface area contributed by atoms with Crippen molar-refractivity contribution in [3.63, 3.8) is 0 Å². The maximum Gasteiger partial charge on any atom is 0.264 e. The van der Waals surface area contributed by atoms with E-state index in [0.29, 0.717) is 11.3 Å². The average molecular weight is 590 g/mol. The van der Waals surface area contributed by atoms with Crippen LogP contribution in [0.2, 0.25) is 0 Å². The third kappa shape index (κ3) is 7.32. The van der Waals surface area contributed by atoms with Crippen molar-refractivity contribution in [3.05, 3.63) is 126 Å². The summed E-state index contributed by atoms with van der Waals surface area (Å²) in [6, 6.07) is 28.0. The molecule has 1 unspecified atom stereocenters. The fourth-order valence-corrected chi connectivity index (χ4v) is 5.95. The summed E-state index contributed by atoms with van der Waals surface area (Å²) < 4.78 is 47.9. The first kappa shape index (κ1) is 30.3. The molecule has 4 aromatic carbocycles. The van der Waals surface area contributed by atoms with E-state index in [0.717, 1.165) is 9.87 Å². The minimum Gasteiger partial charge on any atom is -0.497 e. The zero-order chi connectivity index (χ0) is 30.1. The lowest BCUT2D eigenvalue weighted by Gasteiger charge is -2.33. The average Bonchev–Trinajstić information content (AvgIpc) is 3.02. The molecule has 4 rings (SSSR count). The highest BCUT2D eigenvalue weighted by atomic mass is 32.2. The predicted octanol–water partition coefficient (Wildman–Crippen LogP) is 4.42. The Labute approximate surface area is 245 Å². The smallest absolute Gasteiger partial charge is 0.264 e. The Balaban J connectivity index is 1.79. The quantitative estimate of drug-likeness (QED) is 0.264. The molecule has 0 aliphatic heterocycles. The number of hydrogen-bond donors (Lipinski definition) is 1. The first-order valence-corrected chi connectivity index (χ1v) is 14.7. The fourth-order valence-electron chi connectivity index (χ4n) is 4.52. The van der Waals surface area contributed by atoms with Gasteiger partial charge in [-0.25, -0.2) is 12.8 Å². The normalized spacial score (nSPS) is 11.8. The van der Waals surface area contributed by atoms with Crippen molar-refractivity contribution in [3.8, 4) is 5.75 Å². The zero-order valence-electron chi connectivity index (χ0n) is 23.3. The number of ether oxygens (including phenoxy) is 1. The predicted molar refractivity (Wildman–Crippen MR) is 159 cm³/mol. The van der Waals surface area contributed by atoms with Crippen LogP contribution in [-0.2, 0) is 32.6 Å². The van der Waals surface area contributed by atoms with Crippen LogP contribution < -0.4 is 14.4 Å². The van der Waals surface area contributed by atoms with E-state index < -0.39 is 40.2 Å². The Morgan fingerprint density at radius 2 is 1.50 bits per heavy atom. The number of rotatable bonds is 12. The van der Waals surface area contributed by atoms with Gasteiger partial charge in [-0.1, -0.05) is 66.7 Å². The molecule has 0 spiro atoms. The van der Waals surface area contributed by atoms with E-state index in [2.05, 4.69) is 5.32 Å². The molecule has 0 aliphatic rings. The van der Waals surface area contributed by atoms with Gasteiger partial charge in [0.2, 0.25) is 11.8 Å². The first-order chi connectivity index (χ1) is 20.2. The number of nitrogens with zero attached hydrogens (tertiary/aromatic N) is 2. The molecule has 0 fully saturated rings. The minimum atomic E-state index is -4.22. The summed E-state index contributed by atoms with van der Waals surface area (Å²) in [6.07, 6.45) is 0.179. The van der Waals surface area contributed by atoms with Crippen molar-refractivity contribution < 1.29 is 27.1 Å². The number of hydrogen-bond acceptors (Lipinski definition) is 5. The summed E-state index contributed by atoms with van der Waals surface area (Å²) in [7, 11) is -1.28. The van der Waals surface area contributed by atoms with E-state index in [-0.39, 0.29) is 23.5 Å². The zero-order valence-corrected chi connectivity index (χ0v) is 24.1. The van der Waals surface area contributed by atoms with Gasteiger partial charge in [0.25, 0.3) is 10.0 Å². The third-order valence-corrected chi connectivity index (χ3v) is 8.52. The molecule has 0 saturated heterocycles. The highest BCUT2D eigenvalue weighted by Crippen LogP contribution is 2.28. The van der Waals surface area contributed by atoms with E-state index in [9.17, 15) is 22.4 Å². The van der Waals surface area contributed by atoms with Crippen LogP contribution >= 0.6 is 0 Å². The van der Waals surface area contributed by atoms with Crippen LogP contribution in [0, 0.1) is 5.82 Å². The molecule has 4 aromatic rings. The van der Waals surface area contributed by atoms with Gasteiger partial charge in [0.1, 0.15) is 24.2 Å². The summed E-state index contributed by atoms with van der Waals surface area (Å²) >= 11 is 0.